The van der Waals surface area contributed by atoms with E-state index in [0.717, 1.165) is 0 Å². The minimum absolute atomic E-state index is 0.240. The van der Waals surface area contributed by atoms with Crippen molar-refractivity contribution in [2.24, 2.45) is 0 Å². The molecule has 2 heterocycles. The first-order chi connectivity index (χ1) is 6.83. The third-order valence-electron chi connectivity index (χ3n) is 1.67. The van der Waals surface area contributed by atoms with E-state index in [1.807, 2.05) is 0 Å². The number of anilines is 1. The maximum atomic E-state index is 8.73. The predicted molar refractivity (Wildman–Crippen MR) is 47.3 cm³/mol. The topological polar surface area (TPSA) is 99.9 Å². The summed E-state index contributed by atoms with van der Waals surface area (Å²) in [7, 11) is 1.76. The molecular formula is C7H9N5O2. The van der Waals surface area contributed by atoms with Crippen LogP contribution in [0.5, 0.6) is 0 Å². The second kappa shape index (κ2) is 3.46. The molecule has 0 bridgehead atoms. The highest BCUT2D eigenvalue weighted by Gasteiger charge is 2.10. The summed E-state index contributed by atoms with van der Waals surface area (Å²) in [6.07, 6.45) is 0. The Labute approximate surface area is 79.1 Å². The molecule has 0 aliphatic rings. The van der Waals surface area contributed by atoms with Gasteiger partial charge >= 0.3 is 0 Å². The van der Waals surface area contributed by atoms with Crippen molar-refractivity contribution in [3.63, 3.8) is 0 Å². The first kappa shape index (κ1) is 8.70. The highest BCUT2D eigenvalue weighted by Crippen LogP contribution is 2.16. The van der Waals surface area contributed by atoms with Gasteiger partial charge in [-0.3, -0.25) is 5.10 Å². The largest absolute Gasteiger partial charge is 0.388 e. The summed E-state index contributed by atoms with van der Waals surface area (Å²) < 4.78 is 4.88. The summed E-state index contributed by atoms with van der Waals surface area (Å²) in [4.78, 5) is 3.92. The Bertz CT molecular complexity index is 381. The average molecular weight is 195 g/mol. The van der Waals surface area contributed by atoms with Crippen LogP contribution in [0.3, 0.4) is 0 Å². The number of hydrogen-bond donors (Lipinski definition) is 3. The van der Waals surface area contributed by atoms with Crippen molar-refractivity contribution in [1.82, 2.24) is 20.3 Å². The number of aliphatic hydroxyl groups is 1. The van der Waals surface area contributed by atoms with Crippen LogP contribution < -0.4 is 5.32 Å². The SMILES string of the molecule is CNc1cc(-c2nc(CO)no2)[nH]n1. The molecule has 0 aliphatic heterocycles. The molecular weight excluding hydrogens is 186 g/mol. The number of aromatic amines is 1. The van der Waals surface area contributed by atoms with Gasteiger partial charge in [-0.2, -0.15) is 10.1 Å². The highest BCUT2D eigenvalue weighted by atomic mass is 16.5. The molecule has 0 aliphatic carbocycles. The zero-order valence-electron chi connectivity index (χ0n) is 7.48. The van der Waals surface area contributed by atoms with E-state index < -0.39 is 0 Å². The van der Waals surface area contributed by atoms with Gasteiger partial charge in [0.1, 0.15) is 18.1 Å². The predicted octanol–water partition coefficient (Wildman–Crippen LogP) is -0.00630. The van der Waals surface area contributed by atoms with E-state index >= 15 is 0 Å². The van der Waals surface area contributed by atoms with Gasteiger partial charge in [-0.25, -0.2) is 0 Å². The first-order valence-corrected chi connectivity index (χ1v) is 4.00. The average Bonchev–Trinajstić information content (AvgIpc) is 2.86. The normalized spacial score (nSPS) is 10.4. The number of H-pyrrole nitrogens is 1. The fraction of sp³-hybridized carbons (Fsp3) is 0.286. The van der Waals surface area contributed by atoms with E-state index in [1.54, 1.807) is 13.1 Å². The zero-order valence-corrected chi connectivity index (χ0v) is 7.48. The number of nitrogens with one attached hydrogen (secondary N) is 2. The van der Waals surface area contributed by atoms with Crippen LogP contribution in [0, 0.1) is 0 Å². The van der Waals surface area contributed by atoms with Crippen molar-refractivity contribution < 1.29 is 9.63 Å². The van der Waals surface area contributed by atoms with E-state index in [1.165, 1.54) is 0 Å². The van der Waals surface area contributed by atoms with Gasteiger partial charge in [-0.15, -0.1) is 0 Å². The Balaban J connectivity index is 2.29. The lowest BCUT2D eigenvalue weighted by molar-refractivity contribution is 0.264. The van der Waals surface area contributed by atoms with Crippen LogP contribution in [0.4, 0.5) is 5.82 Å². The van der Waals surface area contributed by atoms with Crippen LogP contribution in [0.15, 0.2) is 10.6 Å². The number of nitrogens with zero attached hydrogens (tertiary/aromatic N) is 3. The van der Waals surface area contributed by atoms with Crippen LogP contribution in [-0.2, 0) is 6.61 Å². The number of aromatic nitrogens is 4. The lowest BCUT2D eigenvalue weighted by atomic mass is 10.4. The van der Waals surface area contributed by atoms with Crippen molar-refractivity contribution >= 4 is 5.82 Å². The second-order valence-electron chi connectivity index (χ2n) is 2.59. The third-order valence-corrected chi connectivity index (χ3v) is 1.67. The summed E-state index contributed by atoms with van der Waals surface area (Å²) in [5.74, 6) is 1.24. The molecule has 2 aromatic heterocycles. The molecule has 0 saturated carbocycles. The smallest absolute Gasteiger partial charge is 0.276 e. The van der Waals surface area contributed by atoms with E-state index in [2.05, 4.69) is 25.7 Å². The van der Waals surface area contributed by atoms with Crippen LogP contribution in [0.1, 0.15) is 5.82 Å². The molecule has 0 aromatic carbocycles. The van der Waals surface area contributed by atoms with Gasteiger partial charge in [0.15, 0.2) is 5.82 Å². The minimum Gasteiger partial charge on any atom is -0.388 e. The van der Waals surface area contributed by atoms with E-state index in [0.29, 0.717) is 17.4 Å². The van der Waals surface area contributed by atoms with Gasteiger partial charge in [0.05, 0.1) is 0 Å². The van der Waals surface area contributed by atoms with Gasteiger partial charge < -0.3 is 14.9 Å². The molecule has 0 saturated heterocycles. The van der Waals surface area contributed by atoms with Crippen LogP contribution in [-0.4, -0.2) is 32.5 Å². The summed E-state index contributed by atoms with van der Waals surface area (Å²) in [5.41, 5.74) is 0.613. The van der Waals surface area contributed by atoms with E-state index in [9.17, 15) is 0 Å². The number of rotatable bonds is 3. The standard InChI is InChI=1S/C7H9N5O2/c1-8-5-2-4(10-11-5)7-9-6(3-13)12-14-7/h2,13H,3H2,1H3,(H2,8,10,11). The molecule has 14 heavy (non-hydrogen) atoms. The van der Waals surface area contributed by atoms with E-state index in [4.69, 9.17) is 9.63 Å². The monoisotopic (exact) mass is 195 g/mol. The maximum absolute atomic E-state index is 8.73. The van der Waals surface area contributed by atoms with Gasteiger partial charge in [0.25, 0.3) is 5.89 Å². The molecule has 0 radical (unpaired) electrons. The third kappa shape index (κ3) is 1.44. The molecule has 0 amide bonds. The Morgan fingerprint density at radius 2 is 2.50 bits per heavy atom. The first-order valence-electron chi connectivity index (χ1n) is 4.00. The van der Waals surface area contributed by atoms with E-state index in [-0.39, 0.29) is 12.4 Å². The lowest BCUT2D eigenvalue weighted by Gasteiger charge is -1.85. The van der Waals surface area contributed by atoms with Gasteiger partial charge in [0, 0.05) is 13.1 Å². The van der Waals surface area contributed by atoms with Crippen molar-refractivity contribution in [2.45, 2.75) is 6.61 Å². The summed E-state index contributed by atoms with van der Waals surface area (Å²) >= 11 is 0. The fourth-order valence-corrected chi connectivity index (χ4v) is 0.987. The molecule has 2 aromatic rings. The number of aliphatic hydroxyl groups excluding tert-OH is 1. The molecule has 0 atom stereocenters. The van der Waals surface area contributed by atoms with Crippen molar-refractivity contribution in [2.75, 3.05) is 12.4 Å². The Hall–Kier alpha value is -1.89. The van der Waals surface area contributed by atoms with Gasteiger partial charge in [-0.05, 0) is 0 Å². The molecule has 0 spiro atoms. The molecule has 0 unspecified atom stereocenters. The van der Waals surface area contributed by atoms with Crippen LogP contribution >= 0.6 is 0 Å². The fourth-order valence-electron chi connectivity index (χ4n) is 0.987. The quantitative estimate of drug-likeness (QED) is 0.637. The molecule has 3 N–H and O–H groups in total. The molecule has 7 nitrogen and oxygen atoms in total. The Morgan fingerprint density at radius 1 is 1.64 bits per heavy atom. The molecule has 0 fully saturated rings. The lowest BCUT2D eigenvalue weighted by Crippen LogP contribution is -1.85. The molecule has 7 heteroatoms. The van der Waals surface area contributed by atoms with Crippen molar-refractivity contribution in [3.8, 4) is 11.6 Å². The summed E-state index contributed by atoms with van der Waals surface area (Å²) in [5, 5.41) is 21.8. The Morgan fingerprint density at radius 3 is 3.07 bits per heavy atom. The molecule has 2 rings (SSSR count). The van der Waals surface area contributed by atoms with Crippen LogP contribution in [0.2, 0.25) is 0 Å². The zero-order chi connectivity index (χ0) is 9.97. The second-order valence-corrected chi connectivity index (χ2v) is 2.59. The van der Waals surface area contributed by atoms with Gasteiger partial charge in [-0.1, -0.05) is 5.16 Å². The van der Waals surface area contributed by atoms with Crippen molar-refractivity contribution in [1.29, 1.82) is 0 Å². The maximum Gasteiger partial charge on any atom is 0.276 e. The number of hydrogen-bond acceptors (Lipinski definition) is 6. The Kier molecular flexibility index (Phi) is 2.15. The molecule has 74 valence electrons. The summed E-state index contributed by atoms with van der Waals surface area (Å²) in [6, 6.07) is 1.73. The van der Waals surface area contributed by atoms with Crippen molar-refractivity contribution in [3.05, 3.63) is 11.9 Å². The highest BCUT2D eigenvalue weighted by molar-refractivity contribution is 5.53. The van der Waals surface area contributed by atoms with Gasteiger partial charge in [0.2, 0.25) is 0 Å². The minimum atomic E-state index is -0.240. The summed E-state index contributed by atoms with van der Waals surface area (Å²) in [6.45, 7) is -0.240. The van der Waals surface area contributed by atoms with Crippen LogP contribution in [0.25, 0.3) is 11.6 Å².